The Balaban J connectivity index is 2.48. The molecule has 0 aliphatic heterocycles. The highest BCUT2D eigenvalue weighted by Crippen LogP contribution is 1.94. The van der Waals surface area contributed by atoms with Gasteiger partial charge in [0.05, 0.1) is 19.3 Å². The summed E-state index contributed by atoms with van der Waals surface area (Å²) in [4.78, 5) is 24.2. The molecule has 0 saturated carbocycles. The predicted molar refractivity (Wildman–Crippen MR) is 64.2 cm³/mol. The summed E-state index contributed by atoms with van der Waals surface area (Å²) in [7, 11) is 1.72. The second-order valence-corrected chi connectivity index (χ2v) is 3.80. The van der Waals surface area contributed by atoms with E-state index < -0.39 is 0 Å². The van der Waals surface area contributed by atoms with Gasteiger partial charge in [-0.1, -0.05) is 5.21 Å². The minimum Gasteiger partial charge on any atom is -0.349 e. The molecule has 0 saturated heterocycles. The van der Waals surface area contributed by atoms with E-state index in [1.165, 1.54) is 4.68 Å². The van der Waals surface area contributed by atoms with E-state index in [4.69, 9.17) is 5.73 Å². The first kappa shape index (κ1) is 14.1. The lowest BCUT2D eigenvalue weighted by molar-refractivity contribution is -0.130. The summed E-state index contributed by atoms with van der Waals surface area (Å²) < 4.78 is 1.44. The number of likely N-dealkylation sites (N-methyl/N-ethyl adjacent to an activating group) is 1. The number of nitrogens with zero attached hydrogens (tertiary/aromatic N) is 4. The van der Waals surface area contributed by atoms with Crippen molar-refractivity contribution in [2.45, 2.75) is 20.0 Å². The van der Waals surface area contributed by atoms with Gasteiger partial charge in [0.2, 0.25) is 11.8 Å². The maximum atomic E-state index is 11.6. The van der Waals surface area contributed by atoms with Gasteiger partial charge >= 0.3 is 0 Å². The Morgan fingerprint density at radius 1 is 1.56 bits per heavy atom. The van der Waals surface area contributed by atoms with Crippen LogP contribution in [0, 0.1) is 0 Å². The molecule has 1 rings (SSSR count). The molecule has 2 amide bonds. The molecule has 8 heteroatoms. The normalized spacial score (nSPS) is 10.2. The van der Waals surface area contributed by atoms with Crippen molar-refractivity contribution >= 4 is 11.8 Å². The summed E-state index contributed by atoms with van der Waals surface area (Å²) in [5.41, 5.74) is 5.74. The highest BCUT2D eigenvalue weighted by Gasteiger charge is 2.09. The molecule has 0 aromatic carbocycles. The maximum Gasteiger partial charge on any atom is 0.244 e. The highest BCUT2D eigenvalue weighted by atomic mass is 16.2. The van der Waals surface area contributed by atoms with Crippen LogP contribution in [0.2, 0.25) is 0 Å². The molecule has 0 bridgehead atoms. The molecule has 1 heterocycles. The number of rotatable bonds is 6. The van der Waals surface area contributed by atoms with Crippen LogP contribution in [-0.4, -0.2) is 51.8 Å². The lowest BCUT2D eigenvalue weighted by Crippen LogP contribution is -2.30. The summed E-state index contributed by atoms with van der Waals surface area (Å²) in [6.07, 6.45) is 1.62. The van der Waals surface area contributed by atoms with E-state index in [9.17, 15) is 9.59 Å². The molecule has 0 atom stereocenters. The number of hydrogen-bond donors (Lipinski definition) is 2. The van der Waals surface area contributed by atoms with E-state index in [0.29, 0.717) is 12.2 Å². The number of amides is 2. The van der Waals surface area contributed by atoms with Gasteiger partial charge in [-0.3, -0.25) is 9.59 Å². The van der Waals surface area contributed by atoms with Crippen LogP contribution in [0.25, 0.3) is 0 Å². The van der Waals surface area contributed by atoms with Crippen LogP contribution in [0.3, 0.4) is 0 Å². The van der Waals surface area contributed by atoms with Gasteiger partial charge in [-0.15, -0.1) is 5.10 Å². The lowest BCUT2D eigenvalue weighted by Gasteiger charge is -2.13. The van der Waals surface area contributed by atoms with Gasteiger partial charge in [0.25, 0.3) is 0 Å². The van der Waals surface area contributed by atoms with Crippen molar-refractivity contribution in [3.8, 4) is 0 Å². The Kier molecular flexibility index (Phi) is 5.25. The molecule has 0 spiro atoms. The SMILES string of the molecule is CCN(C)C(=O)Cn1cc(CNC(=O)CN)nn1. The van der Waals surface area contributed by atoms with Crippen LogP contribution >= 0.6 is 0 Å². The maximum absolute atomic E-state index is 11.6. The average molecular weight is 254 g/mol. The molecular formula is C10H18N6O2. The fourth-order valence-electron chi connectivity index (χ4n) is 1.19. The van der Waals surface area contributed by atoms with Crippen LogP contribution in [0.5, 0.6) is 0 Å². The van der Waals surface area contributed by atoms with E-state index in [1.807, 2.05) is 6.92 Å². The molecular weight excluding hydrogens is 236 g/mol. The molecule has 1 aromatic heterocycles. The number of carbonyl (C=O) groups is 2. The summed E-state index contributed by atoms with van der Waals surface area (Å²) in [5, 5.41) is 10.2. The van der Waals surface area contributed by atoms with E-state index >= 15 is 0 Å². The Morgan fingerprint density at radius 3 is 2.89 bits per heavy atom. The van der Waals surface area contributed by atoms with Gasteiger partial charge in [0.15, 0.2) is 0 Å². The Bertz CT molecular complexity index is 416. The van der Waals surface area contributed by atoms with Crippen molar-refractivity contribution in [2.75, 3.05) is 20.1 Å². The number of carbonyl (C=O) groups excluding carboxylic acids is 2. The third-order valence-electron chi connectivity index (χ3n) is 2.44. The second-order valence-electron chi connectivity index (χ2n) is 3.80. The van der Waals surface area contributed by atoms with Gasteiger partial charge in [-0.05, 0) is 6.92 Å². The molecule has 3 N–H and O–H groups in total. The zero-order chi connectivity index (χ0) is 13.5. The van der Waals surface area contributed by atoms with Crippen molar-refractivity contribution in [2.24, 2.45) is 5.73 Å². The number of aromatic nitrogens is 3. The van der Waals surface area contributed by atoms with Crippen LogP contribution in [0.4, 0.5) is 0 Å². The zero-order valence-corrected chi connectivity index (χ0v) is 10.6. The zero-order valence-electron chi connectivity index (χ0n) is 10.6. The summed E-state index contributed by atoms with van der Waals surface area (Å²) in [5.74, 6) is -0.300. The van der Waals surface area contributed by atoms with E-state index in [1.54, 1.807) is 18.1 Å². The van der Waals surface area contributed by atoms with Crippen molar-refractivity contribution in [1.82, 2.24) is 25.2 Å². The lowest BCUT2D eigenvalue weighted by atomic mass is 10.4. The second kappa shape index (κ2) is 6.70. The predicted octanol–water partition coefficient (Wildman–Crippen LogP) is -1.67. The van der Waals surface area contributed by atoms with Gasteiger partial charge in [0.1, 0.15) is 12.2 Å². The summed E-state index contributed by atoms with van der Waals surface area (Å²) in [6, 6.07) is 0. The van der Waals surface area contributed by atoms with Crippen molar-refractivity contribution in [1.29, 1.82) is 0 Å². The average Bonchev–Trinajstić information content (AvgIpc) is 2.82. The summed E-state index contributed by atoms with van der Waals surface area (Å²) in [6.45, 7) is 2.88. The van der Waals surface area contributed by atoms with Gasteiger partial charge in [-0.2, -0.15) is 0 Å². The highest BCUT2D eigenvalue weighted by molar-refractivity contribution is 5.77. The first-order valence-electron chi connectivity index (χ1n) is 5.66. The number of nitrogens with two attached hydrogens (primary N) is 1. The first-order chi connectivity index (χ1) is 8.56. The van der Waals surface area contributed by atoms with Crippen LogP contribution < -0.4 is 11.1 Å². The molecule has 100 valence electrons. The molecule has 1 aromatic rings. The number of hydrogen-bond acceptors (Lipinski definition) is 5. The largest absolute Gasteiger partial charge is 0.349 e. The first-order valence-corrected chi connectivity index (χ1v) is 5.66. The van der Waals surface area contributed by atoms with Crippen molar-refractivity contribution in [3.63, 3.8) is 0 Å². The quantitative estimate of drug-likeness (QED) is 0.631. The molecule has 0 unspecified atom stereocenters. The minimum atomic E-state index is -0.258. The molecule has 18 heavy (non-hydrogen) atoms. The monoisotopic (exact) mass is 254 g/mol. The number of nitrogens with one attached hydrogen (secondary N) is 1. The van der Waals surface area contributed by atoms with Gasteiger partial charge < -0.3 is 16.0 Å². The van der Waals surface area contributed by atoms with Crippen LogP contribution in [0.1, 0.15) is 12.6 Å². The minimum absolute atomic E-state index is 0.0417. The van der Waals surface area contributed by atoms with Crippen molar-refractivity contribution in [3.05, 3.63) is 11.9 Å². The third-order valence-corrected chi connectivity index (χ3v) is 2.44. The topological polar surface area (TPSA) is 106 Å². The third kappa shape index (κ3) is 4.13. The molecule has 8 nitrogen and oxygen atoms in total. The van der Waals surface area contributed by atoms with E-state index in [2.05, 4.69) is 15.6 Å². The Morgan fingerprint density at radius 2 is 2.28 bits per heavy atom. The molecule has 0 fully saturated rings. The fourth-order valence-corrected chi connectivity index (χ4v) is 1.19. The Hall–Kier alpha value is -1.96. The smallest absolute Gasteiger partial charge is 0.244 e. The molecule has 0 aliphatic carbocycles. The van der Waals surface area contributed by atoms with E-state index in [0.717, 1.165) is 0 Å². The van der Waals surface area contributed by atoms with E-state index in [-0.39, 0.29) is 31.4 Å². The van der Waals surface area contributed by atoms with Gasteiger partial charge in [0, 0.05) is 13.6 Å². The van der Waals surface area contributed by atoms with Crippen LogP contribution in [0.15, 0.2) is 6.20 Å². The standard InChI is InChI=1S/C10H18N6O2/c1-3-15(2)10(18)7-16-6-8(13-14-16)5-12-9(17)4-11/h6H,3-5,7,11H2,1-2H3,(H,12,17). The van der Waals surface area contributed by atoms with Crippen LogP contribution in [-0.2, 0) is 22.7 Å². The molecule has 0 aliphatic rings. The van der Waals surface area contributed by atoms with Gasteiger partial charge in [-0.25, -0.2) is 4.68 Å². The molecule has 0 radical (unpaired) electrons. The van der Waals surface area contributed by atoms with Crippen molar-refractivity contribution < 1.29 is 9.59 Å². The Labute approximate surface area is 105 Å². The fraction of sp³-hybridized carbons (Fsp3) is 0.600. The summed E-state index contributed by atoms with van der Waals surface area (Å²) >= 11 is 0.